The van der Waals surface area contributed by atoms with Gasteiger partial charge in [-0.1, -0.05) is 12.1 Å². The maximum Gasteiger partial charge on any atom is 0.0397 e. The van der Waals surface area contributed by atoms with Crippen molar-refractivity contribution in [1.82, 2.24) is 5.32 Å². The van der Waals surface area contributed by atoms with Crippen LogP contribution in [-0.4, -0.2) is 20.6 Å². The molecule has 0 fully saturated rings. The van der Waals surface area contributed by atoms with Crippen molar-refractivity contribution in [3.05, 3.63) is 29.3 Å². The average Bonchev–Trinajstić information content (AvgIpc) is 2.17. The third kappa shape index (κ3) is 3.00. The molecule has 0 saturated heterocycles. The van der Waals surface area contributed by atoms with E-state index in [2.05, 4.69) is 42.5 Å². The molecule has 0 bridgehead atoms. The van der Waals surface area contributed by atoms with Gasteiger partial charge in [0.15, 0.2) is 0 Å². The minimum absolute atomic E-state index is 0. The van der Waals surface area contributed by atoms with Gasteiger partial charge in [0, 0.05) is 26.3 Å². The molecule has 0 saturated carbocycles. The first kappa shape index (κ1) is 14.6. The van der Waals surface area contributed by atoms with Gasteiger partial charge in [-0.2, -0.15) is 0 Å². The molecule has 0 aliphatic carbocycles. The molecule has 1 heterocycles. The van der Waals surface area contributed by atoms with E-state index in [1.54, 1.807) is 0 Å². The van der Waals surface area contributed by atoms with Crippen molar-refractivity contribution < 1.29 is 0 Å². The smallest absolute Gasteiger partial charge is 0.0397 e. The van der Waals surface area contributed by atoms with E-state index in [4.69, 9.17) is 0 Å². The fraction of sp³-hybridized carbons (Fsp3) is 0.455. The zero-order chi connectivity index (χ0) is 9.26. The first-order valence-corrected chi connectivity index (χ1v) is 4.78. The molecule has 0 atom stereocenters. The van der Waals surface area contributed by atoms with Crippen LogP contribution >= 0.6 is 24.8 Å². The highest BCUT2D eigenvalue weighted by molar-refractivity contribution is 5.85. The van der Waals surface area contributed by atoms with E-state index in [1.807, 2.05) is 0 Å². The lowest BCUT2D eigenvalue weighted by Crippen LogP contribution is -2.25. The van der Waals surface area contributed by atoms with E-state index >= 15 is 0 Å². The number of fused-ring (bicyclic) bond motifs is 1. The van der Waals surface area contributed by atoms with Crippen LogP contribution in [0.4, 0.5) is 5.69 Å². The summed E-state index contributed by atoms with van der Waals surface area (Å²) in [6, 6.07) is 6.56. The quantitative estimate of drug-likeness (QED) is 0.821. The van der Waals surface area contributed by atoms with Crippen LogP contribution in [0.5, 0.6) is 0 Å². The average molecular weight is 249 g/mol. The second kappa shape index (κ2) is 6.21. The lowest BCUT2D eigenvalue weighted by Gasteiger charge is -2.24. The molecule has 1 N–H and O–H groups in total. The van der Waals surface area contributed by atoms with Crippen molar-refractivity contribution in [2.75, 3.05) is 25.5 Å². The number of benzene rings is 1. The molecular weight excluding hydrogens is 231 g/mol. The fourth-order valence-corrected chi connectivity index (χ4v) is 1.93. The molecule has 2 nitrogen and oxygen atoms in total. The summed E-state index contributed by atoms with van der Waals surface area (Å²) in [5.41, 5.74) is 4.35. The number of anilines is 1. The molecule has 4 heteroatoms. The Hall–Kier alpha value is -0.440. The van der Waals surface area contributed by atoms with E-state index in [0.717, 1.165) is 19.5 Å². The topological polar surface area (TPSA) is 15.3 Å². The van der Waals surface area contributed by atoms with Gasteiger partial charge in [-0.05, 0) is 30.2 Å². The Balaban J connectivity index is 0.000000980. The maximum absolute atomic E-state index is 3.39. The lowest BCUT2D eigenvalue weighted by molar-refractivity contribution is 0.643. The molecular formula is C11H18Cl2N2. The SMILES string of the molecule is CN(C)c1cccc2c1CCNC2.Cl.Cl. The zero-order valence-corrected chi connectivity index (χ0v) is 10.8. The highest BCUT2D eigenvalue weighted by Gasteiger charge is 2.12. The van der Waals surface area contributed by atoms with E-state index in [1.165, 1.54) is 16.8 Å². The third-order valence-corrected chi connectivity index (χ3v) is 2.60. The minimum Gasteiger partial charge on any atom is -0.377 e. The summed E-state index contributed by atoms with van der Waals surface area (Å²) in [5, 5.41) is 3.39. The lowest BCUT2D eigenvalue weighted by atomic mass is 9.99. The summed E-state index contributed by atoms with van der Waals surface area (Å²) in [6.07, 6.45) is 1.16. The Morgan fingerprint density at radius 3 is 2.60 bits per heavy atom. The summed E-state index contributed by atoms with van der Waals surface area (Å²) >= 11 is 0. The highest BCUT2D eigenvalue weighted by Crippen LogP contribution is 2.24. The second-order valence-corrected chi connectivity index (χ2v) is 3.74. The Labute approximate surface area is 104 Å². The Morgan fingerprint density at radius 1 is 1.20 bits per heavy atom. The van der Waals surface area contributed by atoms with Gasteiger partial charge in [0.2, 0.25) is 0 Å². The number of nitrogens with one attached hydrogen (secondary N) is 1. The molecule has 86 valence electrons. The van der Waals surface area contributed by atoms with Crippen LogP contribution in [0.25, 0.3) is 0 Å². The second-order valence-electron chi connectivity index (χ2n) is 3.74. The molecule has 0 unspecified atom stereocenters. The first-order valence-electron chi connectivity index (χ1n) is 4.78. The fourth-order valence-electron chi connectivity index (χ4n) is 1.93. The largest absolute Gasteiger partial charge is 0.377 e. The van der Waals surface area contributed by atoms with Crippen LogP contribution in [-0.2, 0) is 13.0 Å². The van der Waals surface area contributed by atoms with Crippen LogP contribution in [0, 0.1) is 0 Å². The van der Waals surface area contributed by atoms with Gasteiger partial charge < -0.3 is 10.2 Å². The van der Waals surface area contributed by atoms with Crippen LogP contribution in [0.1, 0.15) is 11.1 Å². The molecule has 0 aromatic heterocycles. The number of hydrogen-bond acceptors (Lipinski definition) is 2. The van der Waals surface area contributed by atoms with Crippen LogP contribution in [0.15, 0.2) is 18.2 Å². The van der Waals surface area contributed by atoms with Gasteiger partial charge in [-0.3, -0.25) is 0 Å². The van der Waals surface area contributed by atoms with Crippen molar-refractivity contribution in [1.29, 1.82) is 0 Å². The molecule has 15 heavy (non-hydrogen) atoms. The Morgan fingerprint density at radius 2 is 1.93 bits per heavy atom. The monoisotopic (exact) mass is 248 g/mol. The van der Waals surface area contributed by atoms with Gasteiger partial charge in [-0.15, -0.1) is 24.8 Å². The number of nitrogens with zero attached hydrogens (tertiary/aromatic N) is 1. The van der Waals surface area contributed by atoms with E-state index < -0.39 is 0 Å². The van der Waals surface area contributed by atoms with Crippen molar-refractivity contribution in [3.8, 4) is 0 Å². The number of halogens is 2. The normalized spacial score (nSPS) is 13.2. The molecule has 2 rings (SSSR count). The van der Waals surface area contributed by atoms with Crippen molar-refractivity contribution in [2.45, 2.75) is 13.0 Å². The summed E-state index contributed by atoms with van der Waals surface area (Å²) in [6.45, 7) is 2.13. The Kier molecular flexibility index (Phi) is 6.03. The number of rotatable bonds is 1. The van der Waals surface area contributed by atoms with Crippen molar-refractivity contribution >= 4 is 30.5 Å². The van der Waals surface area contributed by atoms with E-state index in [0.29, 0.717) is 0 Å². The zero-order valence-electron chi connectivity index (χ0n) is 9.12. The van der Waals surface area contributed by atoms with Crippen LogP contribution < -0.4 is 10.2 Å². The molecule has 1 aliphatic heterocycles. The number of hydrogen-bond donors (Lipinski definition) is 1. The minimum atomic E-state index is 0. The molecule has 1 aliphatic rings. The standard InChI is InChI=1S/C11H16N2.2ClH/c1-13(2)11-5-3-4-9-8-12-7-6-10(9)11;;/h3-5,12H,6-8H2,1-2H3;2*1H. The maximum atomic E-state index is 3.39. The molecule has 1 aromatic rings. The van der Waals surface area contributed by atoms with Gasteiger partial charge in [0.1, 0.15) is 0 Å². The molecule has 1 aromatic carbocycles. The summed E-state index contributed by atoms with van der Waals surface area (Å²) in [5.74, 6) is 0. The third-order valence-electron chi connectivity index (χ3n) is 2.60. The summed E-state index contributed by atoms with van der Waals surface area (Å²) in [4.78, 5) is 2.20. The Bertz CT molecular complexity index is 313. The summed E-state index contributed by atoms with van der Waals surface area (Å²) in [7, 11) is 4.22. The predicted octanol–water partition coefficient (Wildman–Crippen LogP) is 2.24. The van der Waals surface area contributed by atoms with Crippen molar-refractivity contribution in [2.24, 2.45) is 0 Å². The first-order chi connectivity index (χ1) is 6.29. The van der Waals surface area contributed by atoms with Crippen LogP contribution in [0.2, 0.25) is 0 Å². The van der Waals surface area contributed by atoms with Crippen LogP contribution in [0.3, 0.4) is 0 Å². The summed E-state index contributed by atoms with van der Waals surface area (Å²) < 4.78 is 0. The van der Waals surface area contributed by atoms with E-state index in [-0.39, 0.29) is 24.8 Å². The van der Waals surface area contributed by atoms with Gasteiger partial charge in [-0.25, -0.2) is 0 Å². The molecule has 0 amide bonds. The van der Waals surface area contributed by atoms with Gasteiger partial charge in [0.05, 0.1) is 0 Å². The predicted molar refractivity (Wildman–Crippen MR) is 70.7 cm³/mol. The highest BCUT2D eigenvalue weighted by atomic mass is 35.5. The molecule has 0 spiro atoms. The van der Waals surface area contributed by atoms with Gasteiger partial charge >= 0.3 is 0 Å². The van der Waals surface area contributed by atoms with Gasteiger partial charge in [0.25, 0.3) is 0 Å². The van der Waals surface area contributed by atoms with E-state index in [9.17, 15) is 0 Å². The molecule has 0 radical (unpaired) electrons. The van der Waals surface area contributed by atoms with Crippen molar-refractivity contribution in [3.63, 3.8) is 0 Å².